The molecule has 3 N–H and O–H groups in total. The van der Waals surface area contributed by atoms with Gasteiger partial charge in [-0.1, -0.05) is 47.6 Å². The van der Waals surface area contributed by atoms with Gasteiger partial charge in [-0.3, -0.25) is 14.4 Å². The van der Waals surface area contributed by atoms with Crippen LogP contribution < -0.4 is 10.6 Å². The molecule has 3 saturated heterocycles. The van der Waals surface area contributed by atoms with E-state index in [0.717, 1.165) is 17.0 Å². The molecule has 3 aliphatic heterocycles. The molecule has 15 heteroatoms. The van der Waals surface area contributed by atoms with Gasteiger partial charge in [-0.25, -0.2) is 9.78 Å². The predicted molar refractivity (Wildman–Crippen MR) is 202 cm³/mol. The molecule has 0 bridgehead atoms. The summed E-state index contributed by atoms with van der Waals surface area (Å²) in [4.78, 5) is 52.8. The number of aliphatic hydroxyl groups is 1. The zero-order chi connectivity index (χ0) is 38.5. The van der Waals surface area contributed by atoms with Crippen molar-refractivity contribution in [3.63, 3.8) is 0 Å². The maximum Gasteiger partial charge on any atom is 0.407 e. The Hall–Kier alpha value is -3.21. The van der Waals surface area contributed by atoms with Gasteiger partial charge in [0.05, 0.1) is 37.5 Å². The van der Waals surface area contributed by atoms with Crippen LogP contribution in [0.5, 0.6) is 0 Å². The highest BCUT2D eigenvalue weighted by Crippen LogP contribution is 2.43. The van der Waals surface area contributed by atoms with Gasteiger partial charge in [0.15, 0.2) is 5.78 Å². The van der Waals surface area contributed by atoms with Crippen molar-refractivity contribution in [2.75, 3.05) is 19.8 Å². The van der Waals surface area contributed by atoms with Crippen LogP contribution in [-0.2, 0) is 38.1 Å². The lowest BCUT2D eigenvalue weighted by Crippen LogP contribution is -2.50. The van der Waals surface area contributed by atoms with Crippen molar-refractivity contribution in [3.05, 3.63) is 60.3 Å². The van der Waals surface area contributed by atoms with Gasteiger partial charge >= 0.3 is 12.1 Å². The van der Waals surface area contributed by atoms with Crippen LogP contribution in [0.15, 0.2) is 65.4 Å². The van der Waals surface area contributed by atoms with Crippen LogP contribution in [0.2, 0.25) is 0 Å². The number of ketones is 1. The monoisotopic (exact) mass is 775 g/mol. The van der Waals surface area contributed by atoms with Crippen molar-refractivity contribution in [1.29, 1.82) is 0 Å². The van der Waals surface area contributed by atoms with Gasteiger partial charge in [0.25, 0.3) is 0 Å². The molecule has 1 spiro atoms. The molecule has 1 aromatic heterocycles. The van der Waals surface area contributed by atoms with Crippen LogP contribution in [0.1, 0.15) is 67.2 Å². The Labute approximate surface area is 319 Å². The highest BCUT2D eigenvalue weighted by molar-refractivity contribution is 8.76. The largest absolute Gasteiger partial charge is 0.459 e. The van der Waals surface area contributed by atoms with Crippen LogP contribution in [0.25, 0.3) is 0 Å². The third-order valence-electron chi connectivity index (χ3n) is 9.19. The summed E-state index contributed by atoms with van der Waals surface area (Å²) in [7, 11) is 3.04. The van der Waals surface area contributed by atoms with E-state index in [0.29, 0.717) is 19.4 Å². The SMILES string of the molecule is CC(=O)O[C@@H](C)/C=C\C(=O)N[C@@H]1C[C@H](C)[C@H](C/C=C(C)/C=C/[C@H]2O[C@H](CC(=O)CNC(=O)OC[C@@H](C)SSc3ccccn3)C[C@@]3(CO3)[C@@H]2O)O[C@@H]1C. The number of nitrogens with zero attached hydrogens (tertiary/aromatic N) is 1. The Bertz CT molecular complexity index is 1490. The molecule has 0 saturated carbocycles. The molecule has 0 radical (unpaired) electrons. The number of aliphatic hydroxyl groups excluding tert-OH is 1. The third kappa shape index (κ3) is 14.2. The summed E-state index contributed by atoms with van der Waals surface area (Å²) in [6.45, 7) is 11.3. The average molecular weight is 776 g/mol. The Morgan fingerprint density at radius 2 is 1.92 bits per heavy atom. The average Bonchev–Trinajstić information content (AvgIpc) is 3.89. The number of allylic oxidation sites excluding steroid dienone is 2. The van der Waals surface area contributed by atoms with Gasteiger partial charge in [-0.2, -0.15) is 0 Å². The summed E-state index contributed by atoms with van der Waals surface area (Å²) in [5, 5.41) is 17.4. The van der Waals surface area contributed by atoms with Crippen molar-refractivity contribution in [1.82, 2.24) is 15.6 Å². The number of nitrogens with one attached hydrogen (secondary N) is 2. The standard InChI is InChI=1S/C38H53N3O10S2/c1-23(10-13-32-24(2)17-31(27(5)50-32)41-34(44)15-12-25(3)49-28(6)42)11-14-33-36(45)38(22-48-38)19-30(51-33)18-29(43)20-40-37(46)47-21-26(4)52-53-35-9-7-8-16-39-35/h7-12,14-16,24-27,30-33,36,45H,13,17-22H2,1-6H3,(H,40,46)(H,41,44)/b14-11+,15-12-,23-10+/t24-,25-,26+,27+,30+,31+,32-,33+,36+,38+/m0/s1. The van der Waals surface area contributed by atoms with Crippen molar-refractivity contribution in [2.24, 2.45) is 5.92 Å². The number of pyridine rings is 1. The maximum atomic E-state index is 12.8. The zero-order valence-electron chi connectivity index (χ0n) is 31.2. The molecule has 0 unspecified atom stereocenters. The topological polar surface area (TPSA) is 175 Å². The Balaban J connectivity index is 1.18. The van der Waals surface area contributed by atoms with Gasteiger partial charge in [-0.05, 0) is 75.5 Å². The molecule has 53 heavy (non-hydrogen) atoms. The summed E-state index contributed by atoms with van der Waals surface area (Å²) >= 11 is 0. The Morgan fingerprint density at radius 3 is 2.62 bits per heavy atom. The lowest BCUT2D eigenvalue weighted by atomic mass is 9.87. The summed E-state index contributed by atoms with van der Waals surface area (Å²) < 4.78 is 28.4. The van der Waals surface area contributed by atoms with E-state index in [2.05, 4.69) is 28.6 Å². The van der Waals surface area contributed by atoms with E-state index in [1.54, 1.807) is 36.1 Å². The molecule has 4 heterocycles. The number of epoxide rings is 1. The molecule has 10 atom stereocenters. The first kappa shape index (κ1) is 42.5. The predicted octanol–water partition coefficient (Wildman–Crippen LogP) is 4.88. The molecule has 4 rings (SSSR count). The fourth-order valence-electron chi connectivity index (χ4n) is 6.18. The molecule has 13 nitrogen and oxygen atoms in total. The summed E-state index contributed by atoms with van der Waals surface area (Å²) in [5.41, 5.74) is 0.217. The molecule has 0 aliphatic carbocycles. The van der Waals surface area contributed by atoms with Gasteiger partial charge in [0, 0.05) is 37.3 Å². The van der Waals surface area contributed by atoms with Crippen LogP contribution in [-0.4, -0.2) is 107 Å². The van der Waals surface area contributed by atoms with Crippen molar-refractivity contribution in [2.45, 2.75) is 126 Å². The molecule has 3 aliphatic rings. The van der Waals surface area contributed by atoms with E-state index in [4.69, 9.17) is 23.7 Å². The van der Waals surface area contributed by atoms with Gasteiger partial charge < -0.3 is 39.4 Å². The minimum Gasteiger partial charge on any atom is -0.459 e. The number of amides is 2. The molecular weight excluding hydrogens is 723 g/mol. The van der Waals surface area contributed by atoms with Gasteiger partial charge in [0.2, 0.25) is 5.91 Å². The lowest BCUT2D eigenvalue weighted by molar-refractivity contribution is -0.144. The molecular formula is C38H53N3O10S2. The summed E-state index contributed by atoms with van der Waals surface area (Å²) in [6.07, 6.45) is 8.84. The smallest absolute Gasteiger partial charge is 0.407 e. The molecule has 292 valence electrons. The van der Waals surface area contributed by atoms with Crippen LogP contribution in [0.3, 0.4) is 0 Å². The summed E-state index contributed by atoms with van der Waals surface area (Å²) in [5.74, 6) is -0.704. The molecule has 0 aromatic carbocycles. The number of rotatable bonds is 17. The fourth-order valence-corrected chi connectivity index (χ4v) is 8.06. The lowest BCUT2D eigenvalue weighted by Gasteiger charge is -2.39. The third-order valence-corrected chi connectivity index (χ3v) is 12.0. The first-order valence-corrected chi connectivity index (χ1v) is 20.2. The van der Waals surface area contributed by atoms with Crippen molar-refractivity contribution in [3.8, 4) is 0 Å². The molecule has 1 aromatic rings. The van der Waals surface area contributed by atoms with Crippen LogP contribution in [0.4, 0.5) is 4.79 Å². The minimum absolute atomic E-state index is 0.0190. The van der Waals surface area contributed by atoms with E-state index in [-0.39, 0.29) is 60.7 Å². The van der Waals surface area contributed by atoms with Crippen LogP contribution >= 0.6 is 21.6 Å². The molecule has 2 amide bonds. The van der Waals surface area contributed by atoms with Crippen LogP contribution in [0, 0.1) is 5.92 Å². The Kier molecular flexibility index (Phi) is 16.4. The Morgan fingerprint density at radius 1 is 1.15 bits per heavy atom. The normalized spacial score (nSPS) is 29.8. The van der Waals surface area contributed by atoms with E-state index in [9.17, 15) is 24.3 Å². The number of aromatic nitrogens is 1. The first-order valence-electron chi connectivity index (χ1n) is 18.0. The number of alkyl carbamates (subject to hydrolysis) is 1. The van der Waals surface area contributed by atoms with E-state index in [1.807, 2.05) is 45.0 Å². The number of hydrogen-bond donors (Lipinski definition) is 3. The number of esters is 1. The number of carbonyl (C=O) groups is 4. The first-order chi connectivity index (χ1) is 25.2. The quantitative estimate of drug-likeness (QED) is 0.0643. The molecule has 3 fully saturated rings. The fraction of sp³-hybridized carbons (Fsp3) is 0.605. The zero-order valence-corrected chi connectivity index (χ0v) is 32.9. The second-order valence-corrected chi connectivity index (χ2v) is 16.7. The van der Waals surface area contributed by atoms with E-state index >= 15 is 0 Å². The van der Waals surface area contributed by atoms with E-state index in [1.165, 1.54) is 23.8 Å². The number of hydrogen-bond acceptors (Lipinski definition) is 13. The van der Waals surface area contributed by atoms with Gasteiger partial charge in [-0.15, -0.1) is 0 Å². The second kappa shape index (κ2) is 20.5. The van der Waals surface area contributed by atoms with Gasteiger partial charge in [0.1, 0.15) is 35.5 Å². The minimum atomic E-state index is -0.879. The number of ether oxygens (including phenoxy) is 5. The maximum absolute atomic E-state index is 12.8. The van der Waals surface area contributed by atoms with Crippen molar-refractivity contribution >= 4 is 45.3 Å². The van der Waals surface area contributed by atoms with Crippen molar-refractivity contribution < 1.29 is 48.0 Å². The highest BCUT2D eigenvalue weighted by atomic mass is 33.1. The van der Waals surface area contributed by atoms with E-state index < -0.39 is 42.1 Å². The second-order valence-electron chi connectivity index (χ2n) is 14.0. The number of carbonyl (C=O) groups excluding carboxylic acids is 4. The summed E-state index contributed by atoms with van der Waals surface area (Å²) in [6, 6.07) is 5.51. The highest BCUT2D eigenvalue weighted by Gasteiger charge is 2.58. The number of Topliss-reactive ketones (excluding diaryl/α,β-unsaturated/α-hetero) is 1.